The summed E-state index contributed by atoms with van der Waals surface area (Å²) in [6.07, 6.45) is 2.26. The van der Waals surface area contributed by atoms with Crippen molar-refractivity contribution >= 4 is 23.4 Å². The predicted molar refractivity (Wildman–Crippen MR) is 161 cm³/mol. The Bertz CT molecular complexity index is 1290. The quantitative estimate of drug-likeness (QED) is 0.497. The number of rotatable bonds is 6. The minimum Gasteiger partial charge on any atom is -0.493 e. The number of amides is 2. The lowest BCUT2D eigenvalue weighted by Gasteiger charge is -2.41. The third kappa shape index (κ3) is 6.94. The van der Waals surface area contributed by atoms with Crippen LogP contribution in [-0.4, -0.2) is 67.2 Å². The summed E-state index contributed by atoms with van der Waals surface area (Å²) in [4.78, 5) is 27.6. The maximum absolute atomic E-state index is 12.9. The summed E-state index contributed by atoms with van der Waals surface area (Å²) in [5, 5.41) is 9.61. The Kier molecular flexibility index (Phi) is 8.85. The monoisotopic (exact) mass is 564 g/mol. The molecule has 1 atom stereocenters. The number of alkyl carbamates (subject to hydrolysis) is 1. The lowest BCUT2D eigenvalue weighted by molar-refractivity contribution is -0.132. The first-order valence-electron chi connectivity index (χ1n) is 14.4. The first kappa shape index (κ1) is 30.2. The van der Waals surface area contributed by atoms with Crippen molar-refractivity contribution in [3.05, 3.63) is 53.1 Å². The van der Waals surface area contributed by atoms with Gasteiger partial charge in [-0.15, -0.1) is 0 Å². The highest BCUT2D eigenvalue weighted by Crippen LogP contribution is 2.35. The number of carbonyl (C=O) groups is 2. The van der Waals surface area contributed by atoms with E-state index >= 15 is 0 Å². The van der Waals surface area contributed by atoms with Gasteiger partial charge in [-0.25, -0.2) is 9.80 Å². The Morgan fingerprint density at radius 2 is 1.66 bits per heavy atom. The van der Waals surface area contributed by atoms with E-state index in [2.05, 4.69) is 41.4 Å². The highest BCUT2D eigenvalue weighted by molar-refractivity contribution is 6.14. The molecule has 9 nitrogen and oxygen atoms in total. The summed E-state index contributed by atoms with van der Waals surface area (Å²) in [5.41, 5.74) is 3.88. The number of hydrogen-bond donors (Lipinski definition) is 1. The Balaban J connectivity index is 1.58. The number of nitrogens with one attached hydrogen (secondary N) is 1. The fraction of sp³-hybridized carbons (Fsp3) is 0.531. The van der Waals surface area contributed by atoms with Crippen molar-refractivity contribution in [2.45, 2.75) is 84.4 Å². The Labute approximate surface area is 243 Å². The van der Waals surface area contributed by atoms with Crippen molar-refractivity contribution < 1.29 is 23.8 Å². The van der Waals surface area contributed by atoms with Gasteiger partial charge in [0.1, 0.15) is 5.60 Å². The number of methoxy groups -OCH3 is 2. The summed E-state index contributed by atoms with van der Waals surface area (Å²) in [7, 11) is 3.25. The molecule has 4 rings (SSSR count). The Morgan fingerprint density at radius 1 is 1.05 bits per heavy atom. The highest BCUT2D eigenvalue weighted by atomic mass is 16.6. The van der Waals surface area contributed by atoms with Crippen molar-refractivity contribution in [2.24, 2.45) is 5.10 Å². The molecule has 2 aliphatic heterocycles. The van der Waals surface area contributed by atoms with E-state index in [-0.39, 0.29) is 23.6 Å². The number of benzene rings is 2. The van der Waals surface area contributed by atoms with Gasteiger partial charge in [-0.3, -0.25) is 4.79 Å². The molecule has 2 aliphatic rings. The van der Waals surface area contributed by atoms with E-state index in [0.29, 0.717) is 24.3 Å². The van der Waals surface area contributed by atoms with Gasteiger partial charge < -0.3 is 24.4 Å². The molecule has 1 N–H and O–H groups in total. The van der Waals surface area contributed by atoms with Gasteiger partial charge in [-0.05, 0) is 83.7 Å². The molecule has 0 spiro atoms. The number of hydrogen-bond acceptors (Lipinski definition) is 7. The first-order valence-corrected chi connectivity index (χ1v) is 14.4. The zero-order valence-electron chi connectivity index (χ0n) is 25.7. The van der Waals surface area contributed by atoms with Crippen LogP contribution in [0.25, 0.3) is 0 Å². The van der Waals surface area contributed by atoms with E-state index < -0.39 is 5.60 Å². The van der Waals surface area contributed by atoms with Crippen LogP contribution in [0.5, 0.6) is 11.5 Å². The van der Waals surface area contributed by atoms with E-state index in [1.54, 1.807) is 19.2 Å². The predicted octanol–water partition coefficient (Wildman–Crippen LogP) is 5.52. The van der Waals surface area contributed by atoms with Gasteiger partial charge >= 0.3 is 6.09 Å². The van der Waals surface area contributed by atoms with E-state index in [9.17, 15) is 9.59 Å². The van der Waals surface area contributed by atoms with Gasteiger partial charge in [0.2, 0.25) is 5.91 Å². The lowest BCUT2D eigenvalue weighted by atomic mass is 9.89. The molecule has 1 saturated heterocycles. The second-order valence-electron chi connectivity index (χ2n) is 12.2. The second-order valence-corrected chi connectivity index (χ2v) is 12.2. The van der Waals surface area contributed by atoms with E-state index in [1.165, 1.54) is 0 Å². The van der Waals surface area contributed by atoms with Gasteiger partial charge in [-0.1, -0.05) is 19.1 Å². The fourth-order valence-corrected chi connectivity index (χ4v) is 5.42. The summed E-state index contributed by atoms with van der Waals surface area (Å²) in [5.74, 6) is 1.26. The SMILES string of the molecule is CCC(=O)N1N=C(c2ccc(N3CCC(C)(NC(=O)OC(C)(C)C)CC3)cc2)c2cc(OC)c(OC)cc2CC1C. The van der Waals surface area contributed by atoms with Crippen LogP contribution in [0.15, 0.2) is 41.5 Å². The maximum Gasteiger partial charge on any atom is 0.408 e. The molecule has 0 aliphatic carbocycles. The molecule has 2 aromatic rings. The number of carbonyl (C=O) groups excluding carboxylic acids is 2. The molecule has 2 amide bonds. The number of nitrogens with zero attached hydrogens (tertiary/aromatic N) is 3. The Morgan fingerprint density at radius 3 is 2.22 bits per heavy atom. The van der Waals surface area contributed by atoms with Crippen LogP contribution in [0.1, 0.15) is 77.5 Å². The third-order valence-electron chi connectivity index (χ3n) is 7.74. The number of ether oxygens (including phenoxy) is 3. The molecule has 2 heterocycles. The summed E-state index contributed by atoms with van der Waals surface area (Å²) in [6, 6.07) is 12.2. The third-order valence-corrected chi connectivity index (χ3v) is 7.74. The minimum atomic E-state index is -0.527. The van der Waals surface area contributed by atoms with E-state index in [1.807, 2.05) is 46.8 Å². The van der Waals surface area contributed by atoms with Crippen LogP contribution in [0.4, 0.5) is 10.5 Å². The van der Waals surface area contributed by atoms with Gasteiger partial charge in [0.25, 0.3) is 0 Å². The van der Waals surface area contributed by atoms with Gasteiger partial charge in [0, 0.05) is 41.9 Å². The van der Waals surface area contributed by atoms with Crippen LogP contribution in [0.3, 0.4) is 0 Å². The zero-order chi connectivity index (χ0) is 29.9. The molecule has 222 valence electrons. The molecule has 1 unspecified atom stereocenters. The van der Waals surface area contributed by atoms with Crippen LogP contribution < -0.4 is 19.7 Å². The van der Waals surface area contributed by atoms with Crippen molar-refractivity contribution in [1.29, 1.82) is 0 Å². The van der Waals surface area contributed by atoms with Gasteiger partial charge in [-0.2, -0.15) is 5.10 Å². The topological polar surface area (TPSA) is 92.7 Å². The highest BCUT2D eigenvalue weighted by Gasteiger charge is 2.33. The standard InChI is InChI=1S/C32H44N4O5/c1-9-28(37)36-21(2)18-23-19-26(39-7)27(40-8)20-25(23)29(34-36)22-10-12-24(13-11-22)35-16-14-32(6,15-17-35)33-30(38)41-31(3,4)5/h10-13,19-21H,9,14-18H2,1-8H3,(H,33,38). The smallest absolute Gasteiger partial charge is 0.408 e. The number of fused-ring (bicyclic) bond motifs is 1. The first-order chi connectivity index (χ1) is 19.4. The lowest BCUT2D eigenvalue weighted by Crippen LogP contribution is -2.54. The largest absolute Gasteiger partial charge is 0.493 e. The summed E-state index contributed by atoms with van der Waals surface area (Å²) >= 11 is 0. The minimum absolute atomic E-state index is 0.0188. The molecule has 0 saturated carbocycles. The molecule has 2 aromatic carbocycles. The molecule has 0 aromatic heterocycles. The van der Waals surface area contributed by atoms with E-state index in [4.69, 9.17) is 19.3 Å². The average molecular weight is 565 g/mol. The van der Waals surface area contributed by atoms with Crippen molar-refractivity contribution in [1.82, 2.24) is 10.3 Å². The van der Waals surface area contributed by atoms with Crippen molar-refractivity contribution in [3.63, 3.8) is 0 Å². The van der Waals surface area contributed by atoms with Crippen molar-refractivity contribution in [2.75, 3.05) is 32.2 Å². The van der Waals surface area contributed by atoms with E-state index in [0.717, 1.165) is 54.0 Å². The molecular weight excluding hydrogens is 520 g/mol. The molecule has 9 heteroatoms. The molecule has 0 bridgehead atoms. The van der Waals surface area contributed by atoms with Gasteiger partial charge in [0.15, 0.2) is 11.5 Å². The average Bonchev–Trinajstić information content (AvgIpc) is 3.06. The van der Waals surface area contributed by atoms with Crippen LogP contribution in [0, 0.1) is 0 Å². The number of piperidine rings is 1. The zero-order valence-corrected chi connectivity index (χ0v) is 25.7. The van der Waals surface area contributed by atoms with Crippen LogP contribution in [-0.2, 0) is 16.0 Å². The fourth-order valence-electron chi connectivity index (χ4n) is 5.42. The Hall–Kier alpha value is -3.75. The summed E-state index contributed by atoms with van der Waals surface area (Å²) < 4.78 is 16.7. The number of anilines is 1. The number of hydrazone groups is 1. The normalized spacial score (nSPS) is 18.5. The second kappa shape index (κ2) is 12.0. The maximum atomic E-state index is 12.9. The van der Waals surface area contributed by atoms with Crippen LogP contribution >= 0.6 is 0 Å². The molecule has 41 heavy (non-hydrogen) atoms. The molecule has 0 radical (unpaired) electrons. The molecular formula is C32H44N4O5. The summed E-state index contributed by atoms with van der Waals surface area (Å²) in [6.45, 7) is 13.2. The van der Waals surface area contributed by atoms with Crippen LogP contribution in [0.2, 0.25) is 0 Å². The van der Waals surface area contributed by atoms with Gasteiger partial charge in [0.05, 0.1) is 26.0 Å². The van der Waals surface area contributed by atoms with Crippen molar-refractivity contribution in [3.8, 4) is 11.5 Å². The molecule has 1 fully saturated rings.